The standard InChI is InChI=1S/C23H29N3O3S/c1-7-17-19(21(28)29-6)20(15-10-8-9-14(2)11-15)26-16(13-30-22(26)24-17)12-18(27)25-23(3,4)5/h8-11,13,20H,7,12H2,1-6H3,(H,25,27). The van der Waals surface area contributed by atoms with E-state index in [1.165, 1.54) is 18.9 Å². The van der Waals surface area contributed by atoms with Crippen LogP contribution in [-0.2, 0) is 14.3 Å². The van der Waals surface area contributed by atoms with Crippen molar-refractivity contribution in [2.45, 2.75) is 59.0 Å². The molecule has 0 spiro atoms. The highest BCUT2D eigenvalue weighted by molar-refractivity contribution is 8.16. The number of aryl methyl sites for hydroxylation is 1. The fraction of sp³-hybridized carbons (Fsp3) is 0.435. The molecule has 30 heavy (non-hydrogen) atoms. The van der Waals surface area contributed by atoms with Crippen LogP contribution in [0.3, 0.4) is 0 Å². The average Bonchev–Trinajstić information content (AvgIpc) is 3.06. The van der Waals surface area contributed by atoms with Gasteiger partial charge in [-0.15, -0.1) is 0 Å². The van der Waals surface area contributed by atoms with Crippen LogP contribution in [0.1, 0.15) is 57.7 Å². The van der Waals surface area contributed by atoms with Crippen LogP contribution in [0, 0.1) is 6.92 Å². The van der Waals surface area contributed by atoms with E-state index >= 15 is 0 Å². The van der Waals surface area contributed by atoms with Crippen LogP contribution in [0.4, 0.5) is 0 Å². The van der Waals surface area contributed by atoms with E-state index in [-0.39, 0.29) is 23.9 Å². The molecule has 0 aliphatic carbocycles. The van der Waals surface area contributed by atoms with Crippen molar-refractivity contribution in [2.75, 3.05) is 7.11 Å². The van der Waals surface area contributed by atoms with Crippen molar-refractivity contribution in [3.05, 3.63) is 57.8 Å². The summed E-state index contributed by atoms with van der Waals surface area (Å²) in [7, 11) is 1.39. The van der Waals surface area contributed by atoms with Gasteiger partial charge in [0, 0.05) is 11.2 Å². The number of hydrogen-bond donors (Lipinski definition) is 1. The number of thioether (sulfide) groups is 1. The molecule has 6 nitrogen and oxygen atoms in total. The summed E-state index contributed by atoms with van der Waals surface area (Å²) in [6.45, 7) is 9.87. The molecule has 2 heterocycles. The lowest BCUT2D eigenvalue weighted by atomic mass is 9.92. The van der Waals surface area contributed by atoms with Crippen LogP contribution >= 0.6 is 11.8 Å². The van der Waals surface area contributed by atoms with Gasteiger partial charge in [-0.1, -0.05) is 48.5 Å². The second-order valence-corrected chi connectivity index (χ2v) is 9.33. The fourth-order valence-electron chi connectivity index (χ4n) is 3.69. The number of fused-ring (bicyclic) bond motifs is 1. The number of esters is 1. The SMILES string of the molecule is CCC1=C(C(=O)OC)C(c2cccc(C)c2)N2C(CC(=O)NC(C)(C)C)=CSC2=N1. The van der Waals surface area contributed by atoms with Crippen LogP contribution in [0.5, 0.6) is 0 Å². The molecule has 2 aliphatic heterocycles. The maximum absolute atomic E-state index is 12.8. The highest BCUT2D eigenvalue weighted by Crippen LogP contribution is 2.45. The largest absolute Gasteiger partial charge is 0.466 e. The van der Waals surface area contributed by atoms with Crippen molar-refractivity contribution in [3.8, 4) is 0 Å². The number of rotatable bonds is 5. The summed E-state index contributed by atoms with van der Waals surface area (Å²) in [5.41, 5.74) is 3.83. The van der Waals surface area contributed by atoms with E-state index in [2.05, 4.69) is 11.4 Å². The van der Waals surface area contributed by atoms with Crippen LogP contribution in [-0.4, -0.2) is 34.6 Å². The average molecular weight is 428 g/mol. The molecule has 0 saturated carbocycles. The number of nitrogens with zero attached hydrogens (tertiary/aromatic N) is 2. The molecule has 0 fully saturated rings. The summed E-state index contributed by atoms with van der Waals surface area (Å²) in [4.78, 5) is 32.2. The molecule has 7 heteroatoms. The summed E-state index contributed by atoms with van der Waals surface area (Å²) in [6.07, 6.45) is 0.825. The number of ether oxygens (including phenoxy) is 1. The molecule has 1 unspecified atom stereocenters. The Labute approximate surface area is 182 Å². The molecule has 0 radical (unpaired) electrons. The van der Waals surface area contributed by atoms with Crippen molar-refractivity contribution in [3.63, 3.8) is 0 Å². The molecule has 1 aromatic carbocycles. The van der Waals surface area contributed by atoms with E-state index in [0.29, 0.717) is 12.0 Å². The number of carbonyl (C=O) groups excluding carboxylic acids is 2. The van der Waals surface area contributed by atoms with E-state index in [1.807, 2.05) is 63.1 Å². The maximum atomic E-state index is 12.8. The molecule has 1 atom stereocenters. The number of nitrogens with one attached hydrogen (secondary N) is 1. The monoisotopic (exact) mass is 427 g/mol. The third kappa shape index (κ3) is 4.61. The number of benzene rings is 1. The predicted octanol–water partition coefficient (Wildman–Crippen LogP) is 4.44. The molecule has 1 N–H and O–H groups in total. The highest BCUT2D eigenvalue weighted by atomic mass is 32.2. The summed E-state index contributed by atoms with van der Waals surface area (Å²) in [6, 6.07) is 7.70. The van der Waals surface area contributed by atoms with Crippen molar-refractivity contribution in [1.82, 2.24) is 10.2 Å². The number of methoxy groups -OCH3 is 1. The van der Waals surface area contributed by atoms with E-state index in [4.69, 9.17) is 9.73 Å². The first-order valence-corrected chi connectivity index (χ1v) is 10.9. The highest BCUT2D eigenvalue weighted by Gasteiger charge is 2.41. The predicted molar refractivity (Wildman–Crippen MR) is 121 cm³/mol. The third-order valence-corrected chi connectivity index (χ3v) is 5.73. The Hall–Kier alpha value is -2.54. The summed E-state index contributed by atoms with van der Waals surface area (Å²) < 4.78 is 5.14. The van der Waals surface area contributed by atoms with Gasteiger partial charge >= 0.3 is 5.97 Å². The quantitative estimate of drug-likeness (QED) is 0.704. The van der Waals surface area contributed by atoms with Gasteiger partial charge in [0.15, 0.2) is 5.17 Å². The van der Waals surface area contributed by atoms with Crippen LogP contribution in [0.15, 0.2) is 51.6 Å². The number of allylic oxidation sites excluding steroid dienone is 1. The lowest BCUT2D eigenvalue weighted by molar-refractivity contribution is -0.136. The van der Waals surface area contributed by atoms with Crippen LogP contribution in [0.2, 0.25) is 0 Å². The van der Waals surface area contributed by atoms with Crippen molar-refractivity contribution >= 4 is 28.8 Å². The first-order chi connectivity index (χ1) is 14.1. The Morgan fingerprint density at radius 1 is 1.30 bits per heavy atom. The Kier molecular flexibility index (Phi) is 6.41. The number of carbonyl (C=O) groups is 2. The number of amides is 1. The molecule has 1 aromatic rings. The van der Waals surface area contributed by atoms with Gasteiger partial charge in [0.2, 0.25) is 5.91 Å². The van der Waals surface area contributed by atoms with E-state index in [1.54, 1.807) is 0 Å². The first-order valence-electron chi connectivity index (χ1n) is 10.1. The summed E-state index contributed by atoms with van der Waals surface area (Å²) in [5.74, 6) is -0.458. The van der Waals surface area contributed by atoms with Gasteiger partial charge in [-0.3, -0.25) is 4.79 Å². The van der Waals surface area contributed by atoms with E-state index in [0.717, 1.165) is 27.7 Å². The minimum Gasteiger partial charge on any atom is -0.466 e. The normalized spacial score (nSPS) is 18.6. The molecular weight excluding hydrogens is 398 g/mol. The van der Waals surface area contributed by atoms with Gasteiger partial charge < -0.3 is 15.0 Å². The Morgan fingerprint density at radius 3 is 2.63 bits per heavy atom. The molecule has 3 rings (SSSR count). The molecule has 160 valence electrons. The lowest BCUT2D eigenvalue weighted by Gasteiger charge is -2.37. The zero-order valence-corrected chi connectivity index (χ0v) is 19.2. The van der Waals surface area contributed by atoms with Crippen molar-refractivity contribution in [2.24, 2.45) is 4.99 Å². The van der Waals surface area contributed by atoms with Crippen molar-refractivity contribution in [1.29, 1.82) is 0 Å². The second-order valence-electron chi connectivity index (χ2n) is 8.49. The zero-order chi connectivity index (χ0) is 22.1. The summed E-state index contributed by atoms with van der Waals surface area (Å²) in [5, 5.41) is 5.75. The van der Waals surface area contributed by atoms with Crippen molar-refractivity contribution < 1.29 is 14.3 Å². The number of aliphatic imine (C=N–C) groups is 1. The lowest BCUT2D eigenvalue weighted by Crippen LogP contribution is -2.42. The number of hydrogen-bond acceptors (Lipinski definition) is 6. The molecule has 1 amide bonds. The smallest absolute Gasteiger partial charge is 0.338 e. The van der Waals surface area contributed by atoms with Gasteiger partial charge in [0.05, 0.1) is 30.8 Å². The second kappa shape index (κ2) is 8.68. The van der Waals surface area contributed by atoms with Gasteiger partial charge in [0.1, 0.15) is 0 Å². The Bertz CT molecular complexity index is 957. The van der Waals surface area contributed by atoms with Gasteiger partial charge in [-0.2, -0.15) is 0 Å². The van der Waals surface area contributed by atoms with Gasteiger partial charge in [-0.25, -0.2) is 9.79 Å². The van der Waals surface area contributed by atoms with E-state index < -0.39 is 5.97 Å². The number of amidine groups is 1. The maximum Gasteiger partial charge on any atom is 0.338 e. The van der Waals surface area contributed by atoms with E-state index in [9.17, 15) is 9.59 Å². The molecular formula is C23H29N3O3S. The topological polar surface area (TPSA) is 71.0 Å². The zero-order valence-electron chi connectivity index (χ0n) is 18.4. The van der Waals surface area contributed by atoms with Crippen LogP contribution < -0.4 is 5.32 Å². The first kappa shape index (κ1) is 22.2. The fourth-order valence-corrected chi connectivity index (χ4v) is 4.63. The molecule has 0 aromatic heterocycles. The molecule has 2 aliphatic rings. The molecule has 0 bridgehead atoms. The Balaban J connectivity index is 2.06. The Morgan fingerprint density at radius 2 is 2.03 bits per heavy atom. The minimum absolute atomic E-state index is 0.0662. The van der Waals surface area contributed by atoms with Crippen LogP contribution in [0.25, 0.3) is 0 Å². The molecule has 0 saturated heterocycles. The summed E-state index contributed by atoms with van der Waals surface area (Å²) >= 11 is 1.49. The minimum atomic E-state index is -0.392. The van der Waals surface area contributed by atoms with Gasteiger partial charge in [0.25, 0.3) is 0 Å². The van der Waals surface area contributed by atoms with Gasteiger partial charge in [-0.05, 0) is 45.1 Å². The third-order valence-electron chi connectivity index (χ3n) is 4.84.